The van der Waals surface area contributed by atoms with Crippen LogP contribution in [-0.2, 0) is 4.79 Å². The number of likely N-dealkylation sites (tertiary alicyclic amines) is 1. The molecule has 2 aliphatic rings. The molecule has 1 aromatic carbocycles. The minimum absolute atomic E-state index is 0.00534. The summed E-state index contributed by atoms with van der Waals surface area (Å²) in [5.41, 5.74) is 0.997. The fourth-order valence-corrected chi connectivity index (χ4v) is 3.85. The molecule has 0 bridgehead atoms. The first-order valence-electron chi connectivity index (χ1n) is 6.65. The Morgan fingerprint density at radius 3 is 2.90 bits per heavy atom. The van der Waals surface area contributed by atoms with Gasteiger partial charge in [-0.25, -0.2) is 0 Å². The molecule has 0 spiro atoms. The normalized spacial score (nSPS) is 25.9. The third-order valence-electron chi connectivity index (χ3n) is 3.77. The lowest BCUT2D eigenvalue weighted by molar-refractivity contribution is -0.133. The van der Waals surface area contributed by atoms with Crippen LogP contribution in [0, 0.1) is 0 Å². The summed E-state index contributed by atoms with van der Waals surface area (Å²) in [6.07, 6.45) is 1.89. The summed E-state index contributed by atoms with van der Waals surface area (Å²) < 4.78 is 0. The minimum atomic E-state index is -0.393. The first-order chi connectivity index (χ1) is 9.66. The molecule has 2 fully saturated rings. The molecule has 2 heterocycles. The zero-order chi connectivity index (χ0) is 14.1. The van der Waals surface area contributed by atoms with E-state index in [1.165, 1.54) is 11.8 Å². The molecular weight excluding hydrogens is 296 g/mol. The Morgan fingerprint density at radius 2 is 2.20 bits per heavy atom. The number of nitrogens with zero attached hydrogens (tertiary/aromatic N) is 1. The third-order valence-corrected chi connectivity index (χ3v) is 5.00. The molecular formula is C14H15ClN2O2S. The number of benzene rings is 1. The number of hydrogen-bond acceptors (Lipinski definition) is 3. The Bertz CT molecular complexity index is 552. The smallest absolute Gasteiger partial charge is 0.279 e. The van der Waals surface area contributed by atoms with Crippen molar-refractivity contribution in [3.8, 4) is 0 Å². The Labute approximate surface area is 126 Å². The van der Waals surface area contributed by atoms with Gasteiger partial charge in [0.1, 0.15) is 6.04 Å². The lowest BCUT2D eigenvalue weighted by Crippen LogP contribution is -2.45. The summed E-state index contributed by atoms with van der Waals surface area (Å²) in [6.45, 7) is 0.728. The molecule has 106 valence electrons. The fraction of sp³-hybridized carbons (Fsp3) is 0.429. The standard InChI is InChI=1S/C14H15ClN2O2S/c15-10-5-2-1-4-9(10)12-6-3-7-17(12)13(18)11-8-20-14(19)16-11/h1-2,4-5,11-12H,3,6-8H2,(H,16,19). The molecule has 0 saturated carbocycles. The molecule has 1 aromatic rings. The topological polar surface area (TPSA) is 49.4 Å². The van der Waals surface area contributed by atoms with Gasteiger partial charge in [0, 0.05) is 17.3 Å². The van der Waals surface area contributed by atoms with Gasteiger partial charge < -0.3 is 10.2 Å². The van der Waals surface area contributed by atoms with Gasteiger partial charge in [-0.15, -0.1) is 0 Å². The van der Waals surface area contributed by atoms with E-state index in [2.05, 4.69) is 5.32 Å². The molecule has 20 heavy (non-hydrogen) atoms. The average molecular weight is 311 g/mol. The molecule has 3 rings (SSSR count). The van der Waals surface area contributed by atoms with Crippen molar-refractivity contribution in [3.63, 3.8) is 0 Å². The van der Waals surface area contributed by atoms with Crippen LogP contribution in [0.2, 0.25) is 5.02 Å². The van der Waals surface area contributed by atoms with Gasteiger partial charge in [0.05, 0.1) is 6.04 Å². The average Bonchev–Trinajstić information content (AvgIpc) is 3.07. The fourth-order valence-electron chi connectivity index (χ4n) is 2.82. The Kier molecular flexibility index (Phi) is 3.89. The van der Waals surface area contributed by atoms with Gasteiger partial charge in [0.2, 0.25) is 5.91 Å². The van der Waals surface area contributed by atoms with Crippen LogP contribution >= 0.6 is 23.4 Å². The summed E-state index contributed by atoms with van der Waals surface area (Å²) >= 11 is 7.41. The predicted molar refractivity (Wildman–Crippen MR) is 79.9 cm³/mol. The number of rotatable bonds is 2. The molecule has 2 atom stereocenters. The zero-order valence-corrected chi connectivity index (χ0v) is 12.4. The van der Waals surface area contributed by atoms with Gasteiger partial charge in [-0.3, -0.25) is 9.59 Å². The second-order valence-corrected chi connectivity index (χ2v) is 6.41. The highest BCUT2D eigenvalue weighted by Gasteiger charge is 2.37. The van der Waals surface area contributed by atoms with Gasteiger partial charge >= 0.3 is 0 Å². The van der Waals surface area contributed by atoms with Crippen LogP contribution < -0.4 is 5.32 Å². The van der Waals surface area contributed by atoms with E-state index in [9.17, 15) is 9.59 Å². The van der Waals surface area contributed by atoms with Crippen molar-refractivity contribution in [1.82, 2.24) is 10.2 Å². The van der Waals surface area contributed by atoms with E-state index in [-0.39, 0.29) is 17.2 Å². The summed E-state index contributed by atoms with van der Waals surface area (Å²) in [6, 6.07) is 7.29. The van der Waals surface area contributed by atoms with Crippen molar-refractivity contribution in [2.45, 2.75) is 24.9 Å². The number of hydrogen-bond donors (Lipinski definition) is 1. The van der Waals surface area contributed by atoms with Crippen LogP contribution in [0.4, 0.5) is 4.79 Å². The van der Waals surface area contributed by atoms with Gasteiger partial charge in [-0.05, 0) is 24.5 Å². The summed E-state index contributed by atoms with van der Waals surface area (Å²) in [7, 11) is 0. The van der Waals surface area contributed by atoms with E-state index >= 15 is 0 Å². The highest BCUT2D eigenvalue weighted by atomic mass is 35.5. The van der Waals surface area contributed by atoms with Crippen LogP contribution in [0.1, 0.15) is 24.4 Å². The second kappa shape index (κ2) is 5.66. The molecule has 2 amide bonds. The van der Waals surface area contributed by atoms with Crippen LogP contribution in [0.25, 0.3) is 0 Å². The number of nitrogens with one attached hydrogen (secondary N) is 1. The number of carbonyl (C=O) groups excluding carboxylic acids is 2. The maximum absolute atomic E-state index is 12.5. The molecule has 2 saturated heterocycles. The van der Waals surface area contributed by atoms with E-state index < -0.39 is 6.04 Å². The Balaban J connectivity index is 1.81. The number of halogens is 1. The molecule has 6 heteroatoms. The highest BCUT2D eigenvalue weighted by molar-refractivity contribution is 8.14. The molecule has 0 aliphatic carbocycles. The Hall–Kier alpha value is -1.20. The van der Waals surface area contributed by atoms with Gasteiger partial charge in [-0.1, -0.05) is 41.6 Å². The maximum atomic E-state index is 12.5. The van der Waals surface area contributed by atoms with Crippen LogP contribution in [0.5, 0.6) is 0 Å². The molecule has 1 N–H and O–H groups in total. The van der Waals surface area contributed by atoms with Crippen molar-refractivity contribution in [1.29, 1.82) is 0 Å². The van der Waals surface area contributed by atoms with Crippen molar-refractivity contribution in [2.24, 2.45) is 0 Å². The number of amides is 2. The van der Waals surface area contributed by atoms with Crippen molar-refractivity contribution in [2.75, 3.05) is 12.3 Å². The molecule has 0 aromatic heterocycles. The maximum Gasteiger partial charge on any atom is 0.279 e. The van der Waals surface area contributed by atoms with E-state index in [0.717, 1.165) is 24.9 Å². The zero-order valence-electron chi connectivity index (χ0n) is 10.8. The van der Waals surface area contributed by atoms with Gasteiger partial charge in [-0.2, -0.15) is 0 Å². The number of thioether (sulfide) groups is 1. The van der Waals surface area contributed by atoms with Crippen LogP contribution in [0.3, 0.4) is 0 Å². The van der Waals surface area contributed by atoms with Gasteiger partial charge in [0.15, 0.2) is 0 Å². The third kappa shape index (κ3) is 2.52. The molecule has 0 radical (unpaired) electrons. The summed E-state index contributed by atoms with van der Waals surface area (Å²) in [5, 5.41) is 3.30. The van der Waals surface area contributed by atoms with Crippen LogP contribution in [-0.4, -0.2) is 34.4 Å². The molecule has 2 unspecified atom stereocenters. The predicted octanol–water partition coefficient (Wildman–Crippen LogP) is 2.83. The lowest BCUT2D eigenvalue weighted by atomic mass is 10.0. The van der Waals surface area contributed by atoms with E-state index in [0.29, 0.717) is 10.8 Å². The quantitative estimate of drug-likeness (QED) is 0.914. The van der Waals surface area contributed by atoms with Crippen molar-refractivity contribution < 1.29 is 9.59 Å². The number of carbonyl (C=O) groups is 2. The molecule has 4 nitrogen and oxygen atoms in total. The van der Waals surface area contributed by atoms with E-state index in [4.69, 9.17) is 11.6 Å². The first-order valence-corrected chi connectivity index (χ1v) is 8.01. The lowest BCUT2D eigenvalue weighted by Gasteiger charge is -2.28. The van der Waals surface area contributed by atoms with Crippen molar-refractivity contribution in [3.05, 3.63) is 34.9 Å². The molecule has 2 aliphatic heterocycles. The SMILES string of the molecule is O=C1NC(C(=O)N2CCCC2c2ccccc2Cl)CS1. The monoisotopic (exact) mass is 310 g/mol. The second-order valence-electron chi connectivity index (χ2n) is 5.01. The van der Waals surface area contributed by atoms with Crippen LogP contribution in [0.15, 0.2) is 24.3 Å². The summed E-state index contributed by atoms with van der Waals surface area (Å²) in [5.74, 6) is 0.523. The Morgan fingerprint density at radius 1 is 1.40 bits per heavy atom. The summed E-state index contributed by atoms with van der Waals surface area (Å²) in [4.78, 5) is 25.6. The van der Waals surface area contributed by atoms with E-state index in [1.807, 2.05) is 29.2 Å². The van der Waals surface area contributed by atoms with Gasteiger partial charge in [0.25, 0.3) is 5.24 Å². The minimum Gasteiger partial charge on any atom is -0.334 e. The first kappa shape index (κ1) is 13.8. The van der Waals surface area contributed by atoms with E-state index in [1.54, 1.807) is 0 Å². The highest BCUT2D eigenvalue weighted by Crippen LogP contribution is 2.36. The van der Waals surface area contributed by atoms with Crippen molar-refractivity contribution >= 4 is 34.5 Å². The largest absolute Gasteiger partial charge is 0.334 e.